The Balaban J connectivity index is 1.97. The van der Waals surface area contributed by atoms with E-state index in [0.29, 0.717) is 5.92 Å². The van der Waals surface area contributed by atoms with Gasteiger partial charge in [0.25, 0.3) is 0 Å². The molecule has 2 heterocycles. The minimum atomic E-state index is 0.0276. The maximum absolute atomic E-state index is 11.9. The van der Waals surface area contributed by atoms with Gasteiger partial charge in [-0.2, -0.15) is 0 Å². The van der Waals surface area contributed by atoms with Crippen LogP contribution < -0.4 is 5.32 Å². The van der Waals surface area contributed by atoms with Gasteiger partial charge in [-0.05, 0) is 31.1 Å². The Morgan fingerprint density at radius 3 is 2.70 bits per heavy atom. The van der Waals surface area contributed by atoms with E-state index in [-0.39, 0.29) is 18.6 Å². The summed E-state index contributed by atoms with van der Waals surface area (Å²) in [6, 6.07) is 0. The Morgan fingerprint density at radius 2 is 2.09 bits per heavy atom. The van der Waals surface area contributed by atoms with Crippen molar-refractivity contribution in [1.82, 2.24) is 15.1 Å². The van der Waals surface area contributed by atoms with Crippen LogP contribution in [0.1, 0.15) is 33.1 Å². The van der Waals surface area contributed by atoms with Gasteiger partial charge in [-0.3, -0.25) is 4.79 Å². The third-order valence-electron chi connectivity index (χ3n) is 5.01. The molecule has 0 spiro atoms. The number of ether oxygens (including phenoxy) is 1. The molecule has 2 aliphatic heterocycles. The lowest BCUT2D eigenvalue weighted by Crippen LogP contribution is -2.49. The van der Waals surface area contributed by atoms with Crippen molar-refractivity contribution < 1.29 is 9.53 Å². The summed E-state index contributed by atoms with van der Waals surface area (Å²) in [5, 5.41) is 3.44. The number of carbonyl (C=O) groups is 1. The molecule has 1 amide bonds. The number of hydrogen-bond acceptors (Lipinski definition) is 3. The van der Waals surface area contributed by atoms with Crippen molar-refractivity contribution in [3.63, 3.8) is 0 Å². The molecule has 3 atom stereocenters. The number of likely N-dealkylation sites (tertiary alicyclic amines) is 1. The van der Waals surface area contributed by atoms with E-state index in [4.69, 9.17) is 4.74 Å². The zero-order chi connectivity index (χ0) is 16.8. The first-order chi connectivity index (χ1) is 11.0. The first-order valence-corrected chi connectivity index (χ1v) is 8.82. The van der Waals surface area contributed by atoms with Crippen LogP contribution in [0, 0.1) is 11.8 Å². The zero-order valence-corrected chi connectivity index (χ0v) is 15.0. The number of nitrogens with one attached hydrogen (secondary N) is 1. The number of aliphatic imine (C=N–C) groups is 1. The average molecular weight is 324 g/mol. The summed E-state index contributed by atoms with van der Waals surface area (Å²) in [6.45, 7) is 8.42. The molecule has 2 saturated heterocycles. The lowest BCUT2D eigenvalue weighted by molar-refractivity contribution is -0.127. The molecular formula is C17H32N4O2. The van der Waals surface area contributed by atoms with Crippen molar-refractivity contribution in [1.29, 1.82) is 0 Å². The molecule has 6 nitrogen and oxygen atoms in total. The van der Waals surface area contributed by atoms with Crippen molar-refractivity contribution in [3.05, 3.63) is 0 Å². The standard InChI is InChI=1S/C17H32N4O2/c1-13-7-8-21(12-14(13)2)17(19-11-16(22)20(3)4)18-10-15-6-5-9-23-15/h13-15H,5-12H2,1-4H3,(H,18,19). The molecule has 0 aromatic carbocycles. The number of nitrogens with zero attached hydrogens (tertiary/aromatic N) is 3. The van der Waals surface area contributed by atoms with Crippen LogP contribution in [0.4, 0.5) is 0 Å². The van der Waals surface area contributed by atoms with Crippen LogP contribution in [0.2, 0.25) is 0 Å². The third kappa shape index (κ3) is 5.37. The molecule has 2 fully saturated rings. The molecule has 0 aromatic heterocycles. The molecule has 2 rings (SSSR count). The van der Waals surface area contributed by atoms with E-state index in [2.05, 4.69) is 29.1 Å². The molecule has 0 saturated carbocycles. The van der Waals surface area contributed by atoms with Crippen LogP contribution in [-0.4, -0.2) is 74.7 Å². The Kier molecular flexibility index (Phi) is 6.69. The van der Waals surface area contributed by atoms with E-state index < -0.39 is 0 Å². The molecule has 1 N–H and O–H groups in total. The number of likely N-dealkylation sites (N-methyl/N-ethyl adjacent to an activating group) is 1. The highest BCUT2D eigenvalue weighted by molar-refractivity contribution is 5.85. The number of piperidine rings is 1. The van der Waals surface area contributed by atoms with Gasteiger partial charge in [0.2, 0.25) is 5.91 Å². The maximum Gasteiger partial charge on any atom is 0.243 e. The van der Waals surface area contributed by atoms with Gasteiger partial charge in [0.15, 0.2) is 5.96 Å². The smallest absolute Gasteiger partial charge is 0.243 e. The van der Waals surface area contributed by atoms with Gasteiger partial charge in [0.1, 0.15) is 6.54 Å². The number of hydrogen-bond donors (Lipinski definition) is 1. The summed E-state index contributed by atoms with van der Waals surface area (Å²) in [4.78, 5) is 20.3. The van der Waals surface area contributed by atoms with E-state index in [1.54, 1.807) is 19.0 Å². The van der Waals surface area contributed by atoms with E-state index in [9.17, 15) is 4.79 Å². The van der Waals surface area contributed by atoms with Gasteiger partial charge in [0.05, 0.1) is 6.10 Å². The third-order valence-corrected chi connectivity index (χ3v) is 5.01. The van der Waals surface area contributed by atoms with E-state index >= 15 is 0 Å². The van der Waals surface area contributed by atoms with E-state index in [0.717, 1.165) is 51.0 Å². The minimum Gasteiger partial charge on any atom is -0.376 e. The van der Waals surface area contributed by atoms with E-state index in [1.165, 1.54) is 6.42 Å². The number of amides is 1. The van der Waals surface area contributed by atoms with Crippen LogP contribution in [0.25, 0.3) is 0 Å². The topological polar surface area (TPSA) is 57.2 Å². The summed E-state index contributed by atoms with van der Waals surface area (Å²) in [6.07, 6.45) is 3.68. The second-order valence-corrected chi connectivity index (χ2v) is 7.13. The molecule has 23 heavy (non-hydrogen) atoms. The normalized spacial score (nSPS) is 28.8. The van der Waals surface area contributed by atoms with Crippen LogP contribution in [0.3, 0.4) is 0 Å². The molecule has 0 radical (unpaired) electrons. The molecule has 3 unspecified atom stereocenters. The van der Waals surface area contributed by atoms with Crippen molar-refractivity contribution in [2.75, 3.05) is 46.9 Å². The Bertz CT molecular complexity index is 419. The molecule has 0 aromatic rings. The summed E-state index contributed by atoms with van der Waals surface area (Å²) in [5.41, 5.74) is 0. The van der Waals surface area contributed by atoms with Gasteiger partial charge in [-0.1, -0.05) is 13.8 Å². The van der Waals surface area contributed by atoms with Crippen LogP contribution in [0.15, 0.2) is 4.99 Å². The van der Waals surface area contributed by atoms with Crippen molar-refractivity contribution >= 4 is 11.9 Å². The van der Waals surface area contributed by atoms with Gasteiger partial charge >= 0.3 is 0 Å². The molecule has 132 valence electrons. The SMILES string of the molecule is CC1CCN(C(=NCC(=O)N(C)C)NCC2CCCO2)CC1C. The fourth-order valence-electron chi connectivity index (χ4n) is 3.02. The highest BCUT2D eigenvalue weighted by atomic mass is 16.5. The fourth-order valence-corrected chi connectivity index (χ4v) is 3.02. The highest BCUT2D eigenvalue weighted by Gasteiger charge is 2.26. The lowest BCUT2D eigenvalue weighted by atomic mass is 9.89. The summed E-state index contributed by atoms with van der Waals surface area (Å²) in [7, 11) is 3.53. The Morgan fingerprint density at radius 1 is 1.30 bits per heavy atom. The number of rotatable bonds is 4. The van der Waals surface area contributed by atoms with Gasteiger partial charge in [-0.15, -0.1) is 0 Å². The molecule has 0 aliphatic carbocycles. The molecular weight excluding hydrogens is 292 g/mol. The largest absolute Gasteiger partial charge is 0.376 e. The Labute approximate surface area is 140 Å². The zero-order valence-electron chi connectivity index (χ0n) is 15.0. The second kappa shape index (κ2) is 8.52. The number of carbonyl (C=O) groups excluding carboxylic acids is 1. The monoisotopic (exact) mass is 324 g/mol. The van der Waals surface area contributed by atoms with Gasteiger partial charge < -0.3 is 19.9 Å². The first kappa shape index (κ1) is 18.0. The summed E-state index contributed by atoms with van der Waals surface area (Å²) >= 11 is 0. The Hall–Kier alpha value is -1.30. The van der Waals surface area contributed by atoms with Crippen LogP contribution in [0.5, 0.6) is 0 Å². The molecule has 6 heteroatoms. The van der Waals surface area contributed by atoms with E-state index in [1.807, 2.05) is 0 Å². The fraction of sp³-hybridized carbons (Fsp3) is 0.882. The predicted octanol–water partition coefficient (Wildman–Crippen LogP) is 1.18. The average Bonchev–Trinajstić information content (AvgIpc) is 3.03. The summed E-state index contributed by atoms with van der Waals surface area (Å²) in [5.74, 6) is 2.27. The molecule has 0 bridgehead atoms. The van der Waals surface area contributed by atoms with Crippen molar-refractivity contribution in [2.45, 2.75) is 39.2 Å². The van der Waals surface area contributed by atoms with Crippen molar-refractivity contribution in [3.8, 4) is 0 Å². The second-order valence-electron chi connectivity index (χ2n) is 7.13. The van der Waals surface area contributed by atoms with Crippen molar-refractivity contribution in [2.24, 2.45) is 16.8 Å². The molecule has 2 aliphatic rings. The van der Waals surface area contributed by atoms with Gasteiger partial charge in [-0.25, -0.2) is 4.99 Å². The highest BCUT2D eigenvalue weighted by Crippen LogP contribution is 2.22. The minimum absolute atomic E-state index is 0.0276. The predicted molar refractivity (Wildman–Crippen MR) is 92.5 cm³/mol. The van der Waals surface area contributed by atoms with Gasteiger partial charge in [0, 0.05) is 40.3 Å². The summed E-state index contributed by atoms with van der Waals surface area (Å²) < 4.78 is 5.68. The first-order valence-electron chi connectivity index (χ1n) is 8.82. The number of guanidine groups is 1. The quantitative estimate of drug-likeness (QED) is 0.623. The lowest BCUT2D eigenvalue weighted by Gasteiger charge is -2.37. The van der Waals surface area contributed by atoms with Crippen LogP contribution in [-0.2, 0) is 9.53 Å². The van der Waals surface area contributed by atoms with Crippen LogP contribution >= 0.6 is 0 Å². The maximum atomic E-state index is 11.9.